The number of ether oxygens (including phenoxy) is 1. The molecule has 0 spiro atoms. The van der Waals surface area contributed by atoms with Gasteiger partial charge in [0.2, 0.25) is 5.91 Å². The average Bonchev–Trinajstić information content (AvgIpc) is 2.80. The predicted octanol–water partition coefficient (Wildman–Crippen LogP) is 3.99. The standard InChI is InChI=1S/C24H33N3O2S/c1-3-27(24(28)19-30-23-9-12-25-13-10-23)18-21-7-5-14-26(17-21)15-11-20-6-4-8-22(16-20)29-2/h4,6,8-10,12-13,16,21H,3,5,7,11,14-15,17-19H2,1-2H3/t21-/m1/s1. The molecule has 6 heteroatoms. The van der Waals surface area contributed by atoms with Crippen molar-refractivity contribution in [2.75, 3.05) is 45.6 Å². The summed E-state index contributed by atoms with van der Waals surface area (Å²) in [6, 6.07) is 12.2. The number of carbonyl (C=O) groups is 1. The quantitative estimate of drug-likeness (QED) is 0.537. The maximum atomic E-state index is 12.7. The van der Waals surface area contributed by atoms with Crippen LogP contribution in [-0.4, -0.2) is 66.3 Å². The number of methoxy groups -OCH3 is 1. The molecule has 1 aliphatic heterocycles. The number of benzene rings is 1. The molecule has 0 saturated carbocycles. The summed E-state index contributed by atoms with van der Waals surface area (Å²) in [6.07, 6.45) is 6.99. The zero-order chi connectivity index (χ0) is 21.2. The minimum absolute atomic E-state index is 0.229. The normalized spacial score (nSPS) is 16.9. The Morgan fingerprint density at radius 1 is 1.30 bits per heavy atom. The van der Waals surface area contributed by atoms with E-state index in [0.29, 0.717) is 11.7 Å². The van der Waals surface area contributed by atoms with Crippen LogP contribution in [0.3, 0.4) is 0 Å². The van der Waals surface area contributed by atoms with E-state index < -0.39 is 0 Å². The number of nitrogens with zero attached hydrogens (tertiary/aromatic N) is 3. The van der Waals surface area contributed by atoms with Crippen molar-refractivity contribution in [1.29, 1.82) is 0 Å². The van der Waals surface area contributed by atoms with Gasteiger partial charge >= 0.3 is 0 Å². The number of thioether (sulfide) groups is 1. The van der Waals surface area contributed by atoms with E-state index in [1.165, 1.54) is 18.4 Å². The third-order valence-electron chi connectivity index (χ3n) is 5.68. The smallest absolute Gasteiger partial charge is 0.232 e. The van der Waals surface area contributed by atoms with Crippen molar-refractivity contribution < 1.29 is 9.53 Å². The predicted molar refractivity (Wildman–Crippen MR) is 123 cm³/mol. The summed E-state index contributed by atoms with van der Waals surface area (Å²) in [5, 5.41) is 0. The van der Waals surface area contributed by atoms with Gasteiger partial charge in [-0.15, -0.1) is 11.8 Å². The van der Waals surface area contributed by atoms with E-state index in [4.69, 9.17) is 4.74 Å². The summed E-state index contributed by atoms with van der Waals surface area (Å²) in [6.45, 7) is 7.00. The van der Waals surface area contributed by atoms with E-state index in [1.54, 1.807) is 31.3 Å². The van der Waals surface area contributed by atoms with E-state index in [0.717, 1.165) is 49.8 Å². The van der Waals surface area contributed by atoms with Gasteiger partial charge in [-0.25, -0.2) is 0 Å². The van der Waals surface area contributed by atoms with Crippen LogP contribution in [-0.2, 0) is 11.2 Å². The highest BCUT2D eigenvalue weighted by molar-refractivity contribution is 8.00. The SMILES string of the molecule is CCN(C[C@@H]1CCCN(CCc2cccc(OC)c2)C1)C(=O)CSc1ccncc1. The number of likely N-dealkylation sites (tertiary alicyclic amines) is 1. The number of hydrogen-bond acceptors (Lipinski definition) is 5. The molecule has 2 aromatic rings. The van der Waals surface area contributed by atoms with Gasteiger partial charge in [-0.1, -0.05) is 12.1 Å². The number of hydrogen-bond donors (Lipinski definition) is 0. The van der Waals surface area contributed by atoms with Crippen LogP contribution in [0.5, 0.6) is 5.75 Å². The van der Waals surface area contributed by atoms with Gasteiger partial charge in [0.25, 0.3) is 0 Å². The van der Waals surface area contributed by atoms with E-state index in [2.05, 4.69) is 35.0 Å². The van der Waals surface area contributed by atoms with Crippen LogP contribution in [0, 0.1) is 5.92 Å². The molecule has 0 aliphatic carbocycles. The largest absolute Gasteiger partial charge is 0.497 e. The summed E-state index contributed by atoms with van der Waals surface area (Å²) < 4.78 is 5.33. The first-order chi connectivity index (χ1) is 14.7. The molecule has 0 unspecified atom stereocenters. The Bertz CT molecular complexity index is 787. The molecule has 1 atom stereocenters. The maximum absolute atomic E-state index is 12.7. The van der Waals surface area contributed by atoms with Gasteiger partial charge in [0.05, 0.1) is 12.9 Å². The average molecular weight is 428 g/mol. The maximum Gasteiger partial charge on any atom is 0.232 e. The lowest BCUT2D eigenvalue weighted by atomic mass is 9.97. The number of carbonyl (C=O) groups excluding carboxylic acids is 1. The van der Waals surface area contributed by atoms with Crippen LogP contribution >= 0.6 is 11.8 Å². The monoisotopic (exact) mass is 427 g/mol. The number of piperidine rings is 1. The highest BCUT2D eigenvalue weighted by atomic mass is 32.2. The fourth-order valence-electron chi connectivity index (χ4n) is 4.01. The summed E-state index contributed by atoms with van der Waals surface area (Å²) in [5.74, 6) is 2.20. The number of aromatic nitrogens is 1. The van der Waals surface area contributed by atoms with Gasteiger partial charge in [-0.3, -0.25) is 9.78 Å². The van der Waals surface area contributed by atoms with Crippen molar-refractivity contribution in [2.45, 2.75) is 31.1 Å². The van der Waals surface area contributed by atoms with Crippen molar-refractivity contribution >= 4 is 17.7 Å². The Balaban J connectivity index is 1.45. The number of pyridine rings is 1. The minimum Gasteiger partial charge on any atom is -0.497 e. The lowest BCUT2D eigenvalue weighted by Gasteiger charge is -2.35. The zero-order valence-electron chi connectivity index (χ0n) is 18.1. The second-order valence-corrected chi connectivity index (χ2v) is 8.86. The molecule has 0 radical (unpaired) electrons. The van der Waals surface area contributed by atoms with Crippen molar-refractivity contribution in [3.63, 3.8) is 0 Å². The molecular weight excluding hydrogens is 394 g/mol. The Kier molecular flexibility index (Phi) is 9.02. The third-order valence-corrected chi connectivity index (χ3v) is 6.68. The molecule has 1 amide bonds. The van der Waals surface area contributed by atoms with Gasteiger partial charge in [-0.2, -0.15) is 0 Å². The topological polar surface area (TPSA) is 45.7 Å². The first-order valence-electron chi connectivity index (χ1n) is 10.8. The molecule has 2 heterocycles. The van der Waals surface area contributed by atoms with Crippen LogP contribution < -0.4 is 4.74 Å². The first-order valence-corrected chi connectivity index (χ1v) is 11.8. The molecule has 1 aliphatic rings. The van der Waals surface area contributed by atoms with Gasteiger partial charge in [0, 0.05) is 43.5 Å². The summed E-state index contributed by atoms with van der Waals surface area (Å²) in [5.41, 5.74) is 1.31. The second kappa shape index (κ2) is 12.0. The zero-order valence-corrected chi connectivity index (χ0v) is 18.9. The fraction of sp³-hybridized carbons (Fsp3) is 0.500. The Morgan fingerprint density at radius 2 is 2.13 bits per heavy atom. The molecule has 1 fully saturated rings. The lowest BCUT2D eigenvalue weighted by Crippen LogP contribution is -2.43. The van der Waals surface area contributed by atoms with E-state index in [1.807, 2.05) is 23.1 Å². The van der Waals surface area contributed by atoms with Crippen LogP contribution in [0.4, 0.5) is 0 Å². The van der Waals surface area contributed by atoms with Gasteiger partial charge in [0.1, 0.15) is 5.75 Å². The first kappa shape index (κ1) is 22.6. The van der Waals surface area contributed by atoms with Crippen LogP contribution in [0.2, 0.25) is 0 Å². The molecule has 0 bridgehead atoms. The van der Waals surface area contributed by atoms with Crippen molar-refractivity contribution in [2.24, 2.45) is 5.92 Å². The van der Waals surface area contributed by atoms with Crippen molar-refractivity contribution in [3.05, 3.63) is 54.4 Å². The Hall–Kier alpha value is -2.05. The summed E-state index contributed by atoms with van der Waals surface area (Å²) in [4.78, 5) is 22.4. The molecule has 1 saturated heterocycles. The van der Waals surface area contributed by atoms with E-state index in [-0.39, 0.29) is 5.91 Å². The Morgan fingerprint density at radius 3 is 2.90 bits per heavy atom. The lowest BCUT2D eigenvalue weighted by molar-refractivity contribution is -0.129. The molecular formula is C24H33N3O2S. The van der Waals surface area contributed by atoms with Crippen LogP contribution in [0.1, 0.15) is 25.3 Å². The van der Waals surface area contributed by atoms with Crippen molar-refractivity contribution in [3.8, 4) is 5.75 Å². The number of rotatable bonds is 10. The highest BCUT2D eigenvalue weighted by Gasteiger charge is 2.23. The molecule has 3 rings (SSSR count). The van der Waals surface area contributed by atoms with E-state index in [9.17, 15) is 4.79 Å². The summed E-state index contributed by atoms with van der Waals surface area (Å²) in [7, 11) is 1.71. The van der Waals surface area contributed by atoms with Gasteiger partial charge in [0.15, 0.2) is 0 Å². The van der Waals surface area contributed by atoms with Crippen LogP contribution in [0.25, 0.3) is 0 Å². The highest BCUT2D eigenvalue weighted by Crippen LogP contribution is 2.21. The van der Waals surface area contributed by atoms with Crippen molar-refractivity contribution in [1.82, 2.24) is 14.8 Å². The van der Waals surface area contributed by atoms with Gasteiger partial charge in [-0.05, 0) is 68.5 Å². The molecule has 0 N–H and O–H groups in total. The second-order valence-electron chi connectivity index (χ2n) is 7.81. The molecule has 30 heavy (non-hydrogen) atoms. The van der Waals surface area contributed by atoms with E-state index >= 15 is 0 Å². The number of amides is 1. The molecule has 5 nitrogen and oxygen atoms in total. The molecule has 1 aromatic heterocycles. The molecule has 162 valence electrons. The molecule has 1 aromatic carbocycles. The third kappa shape index (κ3) is 7.03. The Labute approximate surface area is 184 Å². The summed E-state index contributed by atoms with van der Waals surface area (Å²) >= 11 is 1.59. The van der Waals surface area contributed by atoms with Crippen LogP contribution in [0.15, 0.2) is 53.7 Å². The van der Waals surface area contributed by atoms with Gasteiger partial charge < -0.3 is 14.5 Å². The fourth-order valence-corrected chi connectivity index (χ4v) is 4.80. The minimum atomic E-state index is 0.229.